The largest absolute Gasteiger partial charge is 0.486 e. The fourth-order valence-electron chi connectivity index (χ4n) is 2.17. The molecule has 3 rings (SSSR count). The molecule has 1 aromatic heterocycles. The molecule has 0 unspecified atom stereocenters. The van der Waals surface area contributed by atoms with Crippen LogP contribution < -0.4 is 4.74 Å². The van der Waals surface area contributed by atoms with Crippen molar-refractivity contribution in [1.82, 2.24) is 4.98 Å². The minimum Gasteiger partial charge on any atom is -0.486 e. The lowest BCUT2D eigenvalue weighted by molar-refractivity contribution is 0.0692. The third kappa shape index (κ3) is 2.45. The predicted octanol–water partition coefficient (Wildman–Crippen LogP) is 3.41. The zero-order valence-corrected chi connectivity index (χ0v) is 11.4. The predicted molar refractivity (Wildman–Crippen MR) is 76.5 cm³/mol. The molecule has 0 saturated carbocycles. The van der Waals surface area contributed by atoms with Crippen molar-refractivity contribution in [3.05, 3.63) is 59.8 Å². The van der Waals surface area contributed by atoms with Gasteiger partial charge in [-0.15, -0.1) is 0 Å². The van der Waals surface area contributed by atoms with Gasteiger partial charge in [0.15, 0.2) is 6.39 Å². The summed E-state index contributed by atoms with van der Waals surface area (Å²) in [7, 11) is 0. The molecule has 3 aromatic rings. The van der Waals surface area contributed by atoms with Crippen LogP contribution in [0.1, 0.15) is 21.8 Å². The molecule has 21 heavy (non-hydrogen) atoms. The lowest BCUT2D eigenvalue weighted by Crippen LogP contribution is -2.05. The molecule has 0 aliphatic carbocycles. The quantitative estimate of drug-likeness (QED) is 0.794. The van der Waals surface area contributed by atoms with Gasteiger partial charge in [0.25, 0.3) is 0 Å². The second kappa shape index (κ2) is 5.28. The summed E-state index contributed by atoms with van der Waals surface area (Å²) < 4.78 is 10.8. The van der Waals surface area contributed by atoms with Gasteiger partial charge in [-0.2, -0.15) is 0 Å². The Bertz CT molecular complexity index is 807. The van der Waals surface area contributed by atoms with Crippen LogP contribution in [0.3, 0.4) is 0 Å². The Hall–Kier alpha value is -2.82. The molecule has 0 radical (unpaired) electrons. The van der Waals surface area contributed by atoms with E-state index in [1.807, 2.05) is 24.3 Å². The summed E-state index contributed by atoms with van der Waals surface area (Å²) in [5, 5.41) is 11.0. The minimum atomic E-state index is -1.02. The van der Waals surface area contributed by atoms with Crippen LogP contribution in [-0.4, -0.2) is 16.1 Å². The molecular weight excluding hydrogens is 270 g/mol. The van der Waals surface area contributed by atoms with Crippen molar-refractivity contribution >= 4 is 16.7 Å². The maximum absolute atomic E-state index is 11.4. The molecule has 5 nitrogen and oxygen atoms in total. The lowest BCUT2D eigenvalue weighted by atomic mass is 10.1. The Balaban J connectivity index is 2.04. The first-order valence-corrected chi connectivity index (χ1v) is 6.43. The van der Waals surface area contributed by atoms with Crippen LogP contribution in [0.5, 0.6) is 5.75 Å². The van der Waals surface area contributed by atoms with Gasteiger partial charge in [0, 0.05) is 5.39 Å². The zero-order valence-electron chi connectivity index (χ0n) is 11.4. The molecule has 2 aromatic carbocycles. The molecule has 106 valence electrons. The van der Waals surface area contributed by atoms with Gasteiger partial charge in [-0.25, -0.2) is 9.78 Å². The van der Waals surface area contributed by atoms with Crippen molar-refractivity contribution < 1.29 is 19.1 Å². The SMILES string of the molecule is Cc1ocnc1COc1c(C(=O)O)ccc2ccccc12. The Kier molecular flexibility index (Phi) is 3.31. The first kappa shape index (κ1) is 13.2. The summed E-state index contributed by atoms with van der Waals surface area (Å²) in [6, 6.07) is 10.8. The number of aromatic nitrogens is 1. The standard InChI is InChI=1S/C16H13NO4/c1-10-14(17-9-21-10)8-20-15-12-5-3-2-4-11(12)6-7-13(15)16(18)19/h2-7,9H,8H2,1H3,(H,18,19). The maximum atomic E-state index is 11.4. The molecule has 0 spiro atoms. The van der Waals surface area contributed by atoms with Crippen LogP contribution in [0.15, 0.2) is 47.2 Å². The van der Waals surface area contributed by atoms with E-state index in [4.69, 9.17) is 9.15 Å². The van der Waals surface area contributed by atoms with Gasteiger partial charge in [0.1, 0.15) is 29.4 Å². The molecule has 0 aliphatic heterocycles. The number of nitrogens with zero attached hydrogens (tertiary/aromatic N) is 1. The van der Waals surface area contributed by atoms with E-state index in [2.05, 4.69) is 4.98 Å². The molecule has 0 bridgehead atoms. The molecule has 0 saturated heterocycles. The lowest BCUT2D eigenvalue weighted by Gasteiger charge is -2.11. The Morgan fingerprint density at radius 2 is 2.10 bits per heavy atom. The van der Waals surface area contributed by atoms with E-state index < -0.39 is 5.97 Å². The van der Waals surface area contributed by atoms with Crippen LogP contribution >= 0.6 is 0 Å². The number of carboxylic acids is 1. The monoisotopic (exact) mass is 283 g/mol. The number of hydrogen-bond acceptors (Lipinski definition) is 4. The molecule has 1 N–H and O–H groups in total. The van der Waals surface area contributed by atoms with Crippen LogP contribution in [0, 0.1) is 6.92 Å². The number of aryl methyl sites for hydroxylation is 1. The number of ether oxygens (including phenoxy) is 1. The topological polar surface area (TPSA) is 72.6 Å². The van der Waals surface area contributed by atoms with Crippen LogP contribution in [0.2, 0.25) is 0 Å². The third-order valence-corrected chi connectivity index (χ3v) is 3.31. The molecule has 0 amide bonds. The highest BCUT2D eigenvalue weighted by Crippen LogP contribution is 2.30. The van der Waals surface area contributed by atoms with Crippen molar-refractivity contribution in [2.24, 2.45) is 0 Å². The smallest absolute Gasteiger partial charge is 0.339 e. The van der Waals surface area contributed by atoms with Crippen molar-refractivity contribution in [3.63, 3.8) is 0 Å². The van der Waals surface area contributed by atoms with Crippen molar-refractivity contribution in [2.75, 3.05) is 0 Å². The highest BCUT2D eigenvalue weighted by molar-refractivity contribution is 6.00. The number of hydrogen-bond donors (Lipinski definition) is 1. The highest BCUT2D eigenvalue weighted by Gasteiger charge is 2.16. The molecule has 1 heterocycles. The van der Waals surface area contributed by atoms with Crippen LogP contribution in [-0.2, 0) is 6.61 Å². The van der Waals surface area contributed by atoms with Gasteiger partial charge in [-0.3, -0.25) is 0 Å². The average Bonchev–Trinajstić information content (AvgIpc) is 2.89. The average molecular weight is 283 g/mol. The Morgan fingerprint density at radius 3 is 2.81 bits per heavy atom. The molecule has 0 fully saturated rings. The van der Waals surface area contributed by atoms with E-state index in [0.717, 1.165) is 10.8 Å². The fraction of sp³-hybridized carbons (Fsp3) is 0.125. The number of oxazole rings is 1. The number of carboxylic acid groups (broad SMARTS) is 1. The summed E-state index contributed by atoms with van der Waals surface area (Å²) >= 11 is 0. The number of rotatable bonds is 4. The van der Waals surface area contributed by atoms with Gasteiger partial charge >= 0.3 is 5.97 Å². The Morgan fingerprint density at radius 1 is 1.29 bits per heavy atom. The van der Waals surface area contributed by atoms with E-state index >= 15 is 0 Å². The van der Waals surface area contributed by atoms with E-state index in [1.165, 1.54) is 6.39 Å². The molecule has 0 aliphatic rings. The van der Waals surface area contributed by atoms with Gasteiger partial charge in [-0.05, 0) is 18.4 Å². The minimum absolute atomic E-state index is 0.134. The Labute approximate surface area is 120 Å². The van der Waals surface area contributed by atoms with Crippen molar-refractivity contribution in [3.8, 4) is 5.75 Å². The van der Waals surface area contributed by atoms with E-state index in [-0.39, 0.29) is 12.2 Å². The number of aromatic carboxylic acids is 1. The fourth-order valence-corrected chi connectivity index (χ4v) is 2.17. The number of carbonyl (C=O) groups is 1. The highest BCUT2D eigenvalue weighted by atomic mass is 16.5. The molecule has 0 atom stereocenters. The number of benzene rings is 2. The van der Waals surface area contributed by atoms with E-state index in [1.54, 1.807) is 19.1 Å². The van der Waals surface area contributed by atoms with Crippen LogP contribution in [0.25, 0.3) is 10.8 Å². The van der Waals surface area contributed by atoms with E-state index in [0.29, 0.717) is 17.2 Å². The summed E-state index contributed by atoms with van der Waals surface area (Å²) in [5.74, 6) is -0.0114. The summed E-state index contributed by atoms with van der Waals surface area (Å²) in [6.07, 6.45) is 1.34. The maximum Gasteiger partial charge on any atom is 0.339 e. The van der Waals surface area contributed by atoms with Crippen molar-refractivity contribution in [2.45, 2.75) is 13.5 Å². The number of fused-ring (bicyclic) bond motifs is 1. The summed E-state index contributed by atoms with van der Waals surface area (Å²) in [4.78, 5) is 15.4. The van der Waals surface area contributed by atoms with E-state index in [9.17, 15) is 9.90 Å². The van der Waals surface area contributed by atoms with Crippen molar-refractivity contribution in [1.29, 1.82) is 0 Å². The molecule has 5 heteroatoms. The van der Waals surface area contributed by atoms with Crippen LogP contribution in [0.4, 0.5) is 0 Å². The zero-order chi connectivity index (χ0) is 14.8. The first-order chi connectivity index (χ1) is 10.2. The second-order valence-corrected chi connectivity index (χ2v) is 4.61. The van der Waals surface area contributed by atoms with Gasteiger partial charge in [0.2, 0.25) is 0 Å². The molecular formula is C16H13NO4. The van der Waals surface area contributed by atoms with Gasteiger partial charge in [0.05, 0.1) is 0 Å². The second-order valence-electron chi connectivity index (χ2n) is 4.61. The first-order valence-electron chi connectivity index (χ1n) is 6.43. The third-order valence-electron chi connectivity index (χ3n) is 3.31. The van der Waals surface area contributed by atoms with Gasteiger partial charge < -0.3 is 14.3 Å². The summed E-state index contributed by atoms with van der Waals surface area (Å²) in [6.45, 7) is 1.95. The van der Waals surface area contributed by atoms with Gasteiger partial charge in [-0.1, -0.05) is 30.3 Å². The summed E-state index contributed by atoms with van der Waals surface area (Å²) in [5.41, 5.74) is 0.786. The normalized spacial score (nSPS) is 10.7.